The van der Waals surface area contributed by atoms with Crippen molar-refractivity contribution in [3.8, 4) is 5.75 Å². The lowest BCUT2D eigenvalue weighted by molar-refractivity contribution is -0.142. The first-order valence-electron chi connectivity index (χ1n) is 9.22. The van der Waals surface area contributed by atoms with Crippen LogP contribution in [0.2, 0.25) is 0 Å². The molecule has 1 N–H and O–H groups in total. The highest BCUT2D eigenvalue weighted by Gasteiger charge is 2.15. The predicted octanol–water partition coefficient (Wildman–Crippen LogP) is 2.63. The molecule has 0 saturated carbocycles. The normalized spacial score (nSPS) is 11.2. The number of amides is 1. The Morgan fingerprint density at radius 2 is 1.93 bits per heavy atom. The van der Waals surface area contributed by atoms with Crippen LogP contribution in [0.15, 0.2) is 24.3 Å². The molecule has 0 aliphatic rings. The molecule has 0 fully saturated rings. The Bertz CT molecular complexity index is 598. The van der Waals surface area contributed by atoms with Gasteiger partial charge in [-0.05, 0) is 52.4 Å². The van der Waals surface area contributed by atoms with Gasteiger partial charge in [-0.25, -0.2) is 4.79 Å². The van der Waals surface area contributed by atoms with E-state index >= 15 is 0 Å². The Hall–Kier alpha value is -2.28. The largest absolute Gasteiger partial charge is 0.492 e. The summed E-state index contributed by atoms with van der Waals surface area (Å²) in [6, 6.07) is 7.44. The summed E-state index contributed by atoms with van der Waals surface area (Å²) in [7, 11) is 1.96. The lowest BCUT2D eigenvalue weighted by atomic mass is 10.1. The Morgan fingerprint density at radius 1 is 1.19 bits per heavy atom. The van der Waals surface area contributed by atoms with Gasteiger partial charge in [-0.3, -0.25) is 4.79 Å². The molecule has 1 aromatic rings. The quantitative estimate of drug-likeness (QED) is 0.629. The number of rotatable bonds is 10. The number of alkyl carbamates (subject to hydrolysis) is 1. The topological polar surface area (TPSA) is 77.1 Å². The summed E-state index contributed by atoms with van der Waals surface area (Å²) in [5.41, 5.74) is 0.368. The second-order valence-corrected chi connectivity index (χ2v) is 7.21. The number of likely N-dealkylation sites (N-methyl/N-ethyl adjacent to an activating group) is 1. The molecule has 1 rings (SSSR count). The zero-order chi connectivity index (χ0) is 20.3. The molecule has 0 radical (unpaired) electrons. The second kappa shape index (κ2) is 11.4. The fourth-order valence-corrected chi connectivity index (χ4v) is 2.22. The van der Waals surface area contributed by atoms with Crippen LogP contribution in [0.1, 0.15) is 33.3 Å². The van der Waals surface area contributed by atoms with Crippen LogP contribution in [0, 0.1) is 0 Å². The molecule has 0 saturated heterocycles. The Balaban J connectivity index is 2.26. The molecule has 0 unspecified atom stereocenters. The lowest BCUT2D eigenvalue weighted by Gasteiger charge is -2.21. The molecule has 0 atom stereocenters. The molecule has 0 aliphatic heterocycles. The van der Waals surface area contributed by atoms with Crippen LogP contribution in [0.3, 0.4) is 0 Å². The van der Waals surface area contributed by atoms with E-state index in [4.69, 9.17) is 14.2 Å². The highest BCUT2D eigenvalue weighted by atomic mass is 16.6. The van der Waals surface area contributed by atoms with Gasteiger partial charge in [-0.2, -0.15) is 0 Å². The van der Waals surface area contributed by atoms with Gasteiger partial charge in [0.1, 0.15) is 18.0 Å². The monoisotopic (exact) mass is 380 g/mol. The van der Waals surface area contributed by atoms with Crippen molar-refractivity contribution in [2.24, 2.45) is 0 Å². The highest BCUT2D eigenvalue weighted by Crippen LogP contribution is 2.14. The van der Waals surface area contributed by atoms with Crippen LogP contribution in [-0.2, 0) is 20.7 Å². The van der Waals surface area contributed by atoms with E-state index in [0.717, 1.165) is 11.3 Å². The summed E-state index contributed by atoms with van der Waals surface area (Å²) < 4.78 is 15.9. The minimum atomic E-state index is -0.494. The lowest BCUT2D eigenvalue weighted by Crippen LogP contribution is -2.37. The van der Waals surface area contributed by atoms with Gasteiger partial charge in [0.25, 0.3) is 0 Å². The number of benzene rings is 1. The van der Waals surface area contributed by atoms with Crippen LogP contribution < -0.4 is 10.1 Å². The SMILES string of the molecule is CCOC(=O)Cc1cccc(OCCN(C)CCNC(=O)OC(C)(C)C)c1. The van der Waals surface area contributed by atoms with Crippen molar-refractivity contribution in [1.82, 2.24) is 10.2 Å². The standard InChI is InChI=1S/C20H32N2O5/c1-6-25-18(23)15-16-8-7-9-17(14-16)26-13-12-22(5)11-10-21-19(24)27-20(2,3)4/h7-9,14H,6,10-13,15H2,1-5H3,(H,21,24). The van der Waals surface area contributed by atoms with E-state index in [1.165, 1.54) is 0 Å². The zero-order valence-electron chi connectivity index (χ0n) is 17.0. The molecular formula is C20H32N2O5. The van der Waals surface area contributed by atoms with E-state index in [0.29, 0.717) is 32.8 Å². The maximum atomic E-state index is 11.6. The van der Waals surface area contributed by atoms with Crippen molar-refractivity contribution in [3.63, 3.8) is 0 Å². The van der Waals surface area contributed by atoms with Gasteiger partial charge in [0.05, 0.1) is 13.0 Å². The van der Waals surface area contributed by atoms with Crippen LogP contribution in [0.5, 0.6) is 5.75 Å². The number of hydrogen-bond donors (Lipinski definition) is 1. The summed E-state index contributed by atoms with van der Waals surface area (Å²) in [6.07, 6.45) is -0.174. The molecule has 0 heterocycles. The third kappa shape index (κ3) is 11.1. The van der Waals surface area contributed by atoms with E-state index in [2.05, 4.69) is 10.2 Å². The summed E-state index contributed by atoms with van der Waals surface area (Å²) in [4.78, 5) is 25.2. The maximum absolute atomic E-state index is 11.6. The first kappa shape index (κ1) is 22.8. The summed E-state index contributed by atoms with van der Waals surface area (Å²) >= 11 is 0. The minimum Gasteiger partial charge on any atom is -0.492 e. The van der Waals surface area contributed by atoms with E-state index in [9.17, 15) is 9.59 Å². The zero-order valence-corrected chi connectivity index (χ0v) is 17.0. The summed E-state index contributed by atoms with van der Waals surface area (Å²) in [5, 5.41) is 2.73. The van der Waals surface area contributed by atoms with E-state index < -0.39 is 11.7 Å². The van der Waals surface area contributed by atoms with Crippen LogP contribution in [-0.4, -0.2) is 62.5 Å². The van der Waals surface area contributed by atoms with Gasteiger partial charge in [0, 0.05) is 19.6 Å². The van der Waals surface area contributed by atoms with Crippen molar-refractivity contribution in [3.05, 3.63) is 29.8 Å². The molecule has 152 valence electrons. The summed E-state index contributed by atoms with van der Waals surface area (Å²) in [5.74, 6) is 0.476. The van der Waals surface area contributed by atoms with Crippen molar-refractivity contribution < 1.29 is 23.8 Å². The number of esters is 1. The van der Waals surface area contributed by atoms with Crippen molar-refractivity contribution in [2.45, 2.75) is 39.7 Å². The molecule has 0 spiro atoms. The first-order valence-corrected chi connectivity index (χ1v) is 9.22. The van der Waals surface area contributed by atoms with Crippen molar-refractivity contribution in [1.29, 1.82) is 0 Å². The van der Waals surface area contributed by atoms with Crippen LogP contribution >= 0.6 is 0 Å². The van der Waals surface area contributed by atoms with Crippen LogP contribution in [0.25, 0.3) is 0 Å². The molecule has 1 aromatic carbocycles. The number of nitrogens with zero attached hydrogens (tertiary/aromatic N) is 1. The molecule has 0 bridgehead atoms. The molecule has 1 amide bonds. The van der Waals surface area contributed by atoms with Gasteiger partial charge >= 0.3 is 12.1 Å². The van der Waals surface area contributed by atoms with Crippen molar-refractivity contribution in [2.75, 3.05) is 39.9 Å². The van der Waals surface area contributed by atoms with Gasteiger partial charge in [0.15, 0.2) is 0 Å². The fourth-order valence-electron chi connectivity index (χ4n) is 2.22. The molecular weight excluding hydrogens is 348 g/mol. The molecule has 7 nitrogen and oxygen atoms in total. The average molecular weight is 380 g/mol. The number of carbonyl (C=O) groups excluding carboxylic acids is 2. The predicted molar refractivity (Wildman–Crippen MR) is 104 cm³/mol. The van der Waals surface area contributed by atoms with Gasteiger partial charge in [0.2, 0.25) is 0 Å². The number of hydrogen-bond acceptors (Lipinski definition) is 6. The number of ether oxygens (including phenoxy) is 3. The molecule has 0 aromatic heterocycles. The molecule has 7 heteroatoms. The van der Waals surface area contributed by atoms with E-state index in [1.807, 2.05) is 52.1 Å². The second-order valence-electron chi connectivity index (χ2n) is 7.21. The van der Waals surface area contributed by atoms with Gasteiger partial charge in [-0.15, -0.1) is 0 Å². The summed E-state index contributed by atoms with van der Waals surface area (Å²) in [6.45, 7) is 10.1. The highest BCUT2D eigenvalue weighted by molar-refractivity contribution is 5.72. The first-order chi connectivity index (χ1) is 12.7. The maximum Gasteiger partial charge on any atom is 0.407 e. The van der Waals surface area contributed by atoms with Gasteiger partial charge in [-0.1, -0.05) is 12.1 Å². The number of nitrogens with one attached hydrogen (secondary N) is 1. The minimum absolute atomic E-state index is 0.237. The Morgan fingerprint density at radius 3 is 2.59 bits per heavy atom. The van der Waals surface area contributed by atoms with Crippen molar-refractivity contribution >= 4 is 12.1 Å². The third-order valence-corrected chi connectivity index (χ3v) is 3.46. The smallest absolute Gasteiger partial charge is 0.407 e. The van der Waals surface area contributed by atoms with Crippen LogP contribution in [0.4, 0.5) is 4.79 Å². The number of carbonyl (C=O) groups is 2. The Kier molecular flexibility index (Phi) is 9.64. The van der Waals surface area contributed by atoms with Gasteiger partial charge < -0.3 is 24.4 Å². The fraction of sp³-hybridized carbons (Fsp3) is 0.600. The Labute approximate surface area is 162 Å². The van der Waals surface area contributed by atoms with E-state index in [1.54, 1.807) is 6.92 Å². The molecule has 27 heavy (non-hydrogen) atoms. The third-order valence-electron chi connectivity index (χ3n) is 3.46. The average Bonchev–Trinajstić information content (AvgIpc) is 2.53. The molecule has 0 aliphatic carbocycles. The van der Waals surface area contributed by atoms with E-state index in [-0.39, 0.29) is 12.4 Å².